The summed E-state index contributed by atoms with van der Waals surface area (Å²) in [5, 5.41) is 7.73. The number of nitrogens with one attached hydrogen (secondary N) is 1. The number of aryl methyl sites for hydroxylation is 1. The molecule has 0 aliphatic rings. The number of aromatic nitrogens is 2. The summed E-state index contributed by atoms with van der Waals surface area (Å²) in [6, 6.07) is 9.57. The van der Waals surface area contributed by atoms with E-state index in [1.807, 2.05) is 37.3 Å². The highest BCUT2D eigenvalue weighted by atomic mass is 16.5. The van der Waals surface area contributed by atoms with Crippen LogP contribution in [0.25, 0.3) is 11.0 Å². The van der Waals surface area contributed by atoms with Gasteiger partial charge in [0.1, 0.15) is 5.69 Å². The van der Waals surface area contributed by atoms with Crippen molar-refractivity contribution >= 4 is 16.9 Å². The zero-order chi connectivity index (χ0) is 14.7. The van der Waals surface area contributed by atoms with Crippen molar-refractivity contribution < 1.29 is 9.32 Å². The van der Waals surface area contributed by atoms with Gasteiger partial charge in [0.25, 0.3) is 0 Å². The lowest BCUT2D eigenvalue weighted by atomic mass is 10.1. The number of pyridine rings is 1. The van der Waals surface area contributed by atoms with Crippen LogP contribution in [0.2, 0.25) is 0 Å². The number of fused-ring (bicyclic) bond motifs is 1. The van der Waals surface area contributed by atoms with E-state index in [0.717, 1.165) is 16.5 Å². The van der Waals surface area contributed by atoms with Crippen molar-refractivity contribution in [2.75, 3.05) is 0 Å². The summed E-state index contributed by atoms with van der Waals surface area (Å²) >= 11 is 0. The van der Waals surface area contributed by atoms with Gasteiger partial charge in [0, 0.05) is 24.3 Å². The second-order valence-electron chi connectivity index (χ2n) is 4.94. The van der Waals surface area contributed by atoms with Gasteiger partial charge in [-0.15, -0.1) is 0 Å². The predicted molar refractivity (Wildman–Crippen MR) is 78.5 cm³/mol. The van der Waals surface area contributed by atoms with E-state index in [1.54, 1.807) is 12.4 Å². The Hall–Kier alpha value is -2.69. The smallest absolute Gasteiger partial charge is 0.226 e. The largest absolute Gasteiger partial charge is 0.356 e. The van der Waals surface area contributed by atoms with E-state index in [-0.39, 0.29) is 12.3 Å². The highest BCUT2D eigenvalue weighted by Gasteiger charge is 2.12. The molecule has 0 saturated carbocycles. The van der Waals surface area contributed by atoms with Crippen LogP contribution in [-0.4, -0.2) is 16.0 Å². The van der Waals surface area contributed by atoms with Gasteiger partial charge in [0.15, 0.2) is 5.58 Å². The van der Waals surface area contributed by atoms with Gasteiger partial charge in [0.2, 0.25) is 5.91 Å². The molecule has 5 nitrogen and oxygen atoms in total. The van der Waals surface area contributed by atoms with Gasteiger partial charge in [-0.1, -0.05) is 22.9 Å². The molecule has 2 heterocycles. The lowest BCUT2D eigenvalue weighted by Crippen LogP contribution is -2.24. The zero-order valence-corrected chi connectivity index (χ0v) is 11.7. The third kappa shape index (κ3) is 3.08. The Bertz CT molecular complexity index is 766. The monoisotopic (exact) mass is 281 g/mol. The van der Waals surface area contributed by atoms with E-state index in [9.17, 15) is 4.79 Å². The minimum Gasteiger partial charge on any atom is -0.356 e. The molecule has 0 radical (unpaired) electrons. The number of hydrogen-bond donors (Lipinski definition) is 1. The molecule has 3 aromatic rings. The van der Waals surface area contributed by atoms with Crippen LogP contribution in [0.4, 0.5) is 0 Å². The Kier molecular flexibility index (Phi) is 3.64. The summed E-state index contributed by atoms with van der Waals surface area (Å²) in [6.07, 6.45) is 3.64. The lowest BCUT2D eigenvalue weighted by Gasteiger charge is -2.03. The molecule has 1 N–H and O–H groups in total. The van der Waals surface area contributed by atoms with Gasteiger partial charge in [-0.3, -0.25) is 9.78 Å². The summed E-state index contributed by atoms with van der Waals surface area (Å²) in [4.78, 5) is 16.0. The van der Waals surface area contributed by atoms with Crippen molar-refractivity contribution in [1.82, 2.24) is 15.5 Å². The molecule has 3 rings (SSSR count). The molecule has 1 aromatic carbocycles. The number of hydrogen-bond acceptors (Lipinski definition) is 4. The average Bonchev–Trinajstić information content (AvgIpc) is 2.88. The fourth-order valence-electron chi connectivity index (χ4n) is 2.15. The average molecular weight is 281 g/mol. The molecule has 0 bridgehead atoms. The first-order valence-electron chi connectivity index (χ1n) is 6.73. The van der Waals surface area contributed by atoms with Crippen LogP contribution in [-0.2, 0) is 17.8 Å². The molecule has 0 saturated heterocycles. The third-order valence-corrected chi connectivity index (χ3v) is 3.24. The molecule has 1 amide bonds. The van der Waals surface area contributed by atoms with E-state index in [0.29, 0.717) is 17.8 Å². The molecule has 0 unspecified atom stereocenters. The van der Waals surface area contributed by atoms with Gasteiger partial charge < -0.3 is 9.84 Å². The van der Waals surface area contributed by atoms with Crippen LogP contribution in [0.1, 0.15) is 16.8 Å². The number of benzene rings is 1. The molecule has 0 aliphatic heterocycles. The van der Waals surface area contributed by atoms with Crippen molar-refractivity contribution in [3.63, 3.8) is 0 Å². The fourth-order valence-corrected chi connectivity index (χ4v) is 2.15. The van der Waals surface area contributed by atoms with Crippen molar-refractivity contribution in [3.8, 4) is 0 Å². The predicted octanol–water partition coefficient (Wildman–Crippen LogP) is 2.39. The minimum absolute atomic E-state index is 0.0874. The number of carbonyl (C=O) groups excluding carboxylic acids is 1. The van der Waals surface area contributed by atoms with Gasteiger partial charge in [0.05, 0.1) is 6.42 Å². The quantitative estimate of drug-likeness (QED) is 0.797. The van der Waals surface area contributed by atoms with Gasteiger partial charge in [-0.05, 0) is 30.7 Å². The van der Waals surface area contributed by atoms with Crippen LogP contribution < -0.4 is 5.32 Å². The van der Waals surface area contributed by atoms with E-state index >= 15 is 0 Å². The third-order valence-electron chi connectivity index (χ3n) is 3.24. The van der Waals surface area contributed by atoms with Crippen molar-refractivity contribution in [1.29, 1.82) is 0 Å². The SMILES string of the molecule is Cc1ccc2onc(CC(=O)NCc3cccnc3)c2c1. The molecule has 2 aromatic heterocycles. The standard InChI is InChI=1S/C16H15N3O2/c1-11-4-5-15-13(7-11)14(19-21-15)8-16(20)18-10-12-3-2-6-17-9-12/h2-7,9H,8,10H2,1H3,(H,18,20). The Morgan fingerprint density at radius 3 is 3.05 bits per heavy atom. The van der Waals surface area contributed by atoms with Crippen LogP contribution in [0.3, 0.4) is 0 Å². The van der Waals surface area contributed by atoms with Crippen LogP contribution in [0.15, 0.2) is 47.2 Å². The fraction of sp³-hybridized carbons (Fsp3) is 0.188. The minimum atomic E-state index is -0.0874. The Morgan fingerprint density at radius 1 is 1.33 bits per heavy atom. The van der Waals surface area contributed by atoms with Crippen molar-refractivity contribution in [2.24, 2.45) is 0 Å². The molecule has 0 atom stereocenters. The summed E-state index contributed by atoms with van der Waals surface area (Å²) in [5.41, 5.74) is 3.45. The Morgan fingerprint density at radius 2 is 2.24 bits per heavy atom. The maximum Gasteiger partial charge on any atom is 0.226 e. The molecular formula is C16H15N3O2. The number of carbonyl (C=O) groups is 1. The van der Waals surface area contributed by atoms with Crippen molar-refractivity contribution in [2.45, 2.75) is 19.9 Å². The van der Waals surface area contributed by atoms with Crippen LogP contribution in [0, 0.1) is 6.92 Å². The summed E-state index contributed by atoms with van der Waals surface area (Å²) in [5.74, 6) is -0.0874. The van der Waals surface area contributed by atoms with Gasteiger partial charge >= 0.3 is 0 Å². The van der Waals surface area contributed by atoms with Gasteiger partial charge in [-0.25, -0.2) is 0 Å². The highest BCUT2D eigenvalue weighted by Crippen LogP contribution is 2.20. The number of rotatable bonds is 4. The zero-order valence-electron chi connectivity index (χ0n) is 11.7. The maximum atomic E-state index is 12.0. The van der Waals surface area contributed by atoms with E-state index in [1.165, 1.54) is 0 Å². The molecule has 106 valence electrons. The molecular weight excluding hydrogens is 266 g/mol. The normalized spacial score (nSPS) is 10.7. The molecule has 0 fully saturated rings. The van der Waals surface area contributed by atoms with Gasteiger partial charge in [-0.2, -0.15) is 0 Å². The van der Waals surface area contributed by atoms with E-state index in [2.05, 4.69) is 15.5 Å². The first-order valence-corrected chi connectivity index (χ1v) is 6.73. The maximum absolute atomic E-state index is 12.0. The number of amides is 1. The van der Waals surface area contributed by atoms with E-state index in [4.69, 9.17) is 4.52 Å². The first kappa shape index (κ1) is 13.3. The first-order chi connectivity index (χ1) is 10.2. The number of nitrogens with zero attached hydrogens (tertiary/aromatic N) is 2. The molecule has 0 spiro atoms. The summed E-state index contributed by atoms with van der Waals surface area (Å²) in [7, 11) is 0. The molecule has 0 aliphatic carbocycles. The lowest BCUT2D eigenvalue weighted by molar-refractivity contribution is -0.120. The summed E-state index contributed by atoms with van der Waals surface area (Å²) < 4.78 is 5.23. The van der Waals surface area contributed by atoms with Crippen LogP contribution >= 0.6 is 0 Å². The topological polar surface area (TPSA) is 68.0 Å². The van der Waals surface area contributed by atoms with Crippen LogP contribution in [0.5, 0.6) is 0 Å². The second-order valence-corrected chi connectivity index (χ2v) is 4.94. The molecule has 5 heteroatoms. The second kappa shape index (κ2) is 5.75. The Labute approximate surface area is 122 Å². The Balaban J connectivity index is 1.67. The molecule has 21 heavy (non-hydrogen) atoms. The van der Waals surface area contributed by atoms with Crippen molar-refractivity contribution in [3.05, 3.63) is 59.5 Å². The van der Waals surface area contributed by atoms with E-state index < -0.39 is 0 Å². The highest BCUT2D eigenvalue weighted by molar-refractivity contribution is 5.86. The summed E-state index contributed by atoms with van der Waals surface area (Å²) in [6.45, 7) is 2.46.